The molecule has 1 saturated heterocycles. The fourth-order valence-corrected chi connectivity index (χ4v) is 2.65. The molecule has 1 heterocycles. The highest BCUT2D eigenvalue weighted by Crippen LogP contribution is 2.15. The van der Waals surface area contributed by atoms with Crippen molar-refractivity contribution in [2.45, 2.75) is 58.8 Å². The van der Waals surface area contributed by atoms with Crippen LogP contribution in [0.5, 0.6) is 0 Å². The minimum absolute atomic E-state index is 0.379. The van der Waals surface area contributed by atoms with Gasteiger partial charge in [0.25, 0.3) is 0 Å². The van der Waals surface area contributed by atoms with E-state index in [-0.39, 0.29) is 0 Å². The molecule has 0 aromatic heterocycles. The number of nitrogens with one attached hydrogen (secondary N) is 1. The predicted molar refractivity (Wildman–Crippen MR) is 76.6 cm³/mol. The van der Waals surface area contributed by atoms with Gasteiger partial charge in [0.2, 0.25) is 5.91 Å². The molecule has 3 heteroatoms. The average molecular weight is 254 g/mol. The lowest BCUT2D eigenvalue weighted by atomic mass is 9.97. The van der Waals surface area contributed by atoms with Crippen molar-refractivity contribution in [1.82, 2.24) is 10.2 Å². The molecule has 0 saturated carbocycles. The largest absolute Gasteiger partial charge is 0.342 e. The maximum Gasteiger partial charge on any atom is 0.222 e. The standard InChI is InChI=1S/C15H30N2O/c1-3-5-6-7-15(18)17(12-4-2)13-14-8-10-16-11-9-14/h14,16H,3-13H2,1-2H3. The van der Waals surface area contributed by atoms with Crippen LogP contribution in [0.15, 0.2) is 0 Å². The average Bonchev–Trinajstić information content (AvgIpc) is 2.39. The third-order valence-electron chi connectivity index (χ3n) is 3.78. The lowest BCUT2D eigenvalue weighted by Gasteiger charge is -2.30. The van der Waals surface area contributed by atoms with Gasteiger partial charge < -0.3 is 10.2 Å². The van der Waals surface area contributed by atoms with E-state index in [0.717, 1.165) is 45.4 Å². The van der Waals surface area contributed by atoms with Crippen LogP contribution in [0.25, 0.3) is 0 Å². The van der Waals surface area contributed by atoms with Gasteiger partial charge in [0.15, 0.2) is 0 Å². The third kappa shape index (κ3) is 5.85. The van der Waals surface area contributed by atoms with Gasteiger partial charge in [0.05, 0.1) is 0 Å². The summed E-state index contributed by atoms with van der Waals surface area (Å²) in [6, 6.07) is 0. The summed E-state index contributed by atoms with van der Waals surface area (Å²) in [4.78, 5) is 14.3. The zero-order chi connectivity index (χ0) is 13.2. The number of hydrogen-bond donors (Lipinski definition) is 1. The van der Waals surface area contributed by atoms with E-state index in [0.29, 0.717) is 11.8 Å². The molecule has 0 aliphatic carbocycles. The Morgan fingerprint density at radius 1 is 1.17 bits per heavy atom. The summed E-state index contributed by atoms with van der Waals surface area (Å²) < 4.78 is 0. The van der Waals surface area contributed by atoms with E-state index in [1.165, 1.54) is 25.7 Å². The van der Waals surface area contributed by atoms with E-state index >= 15 is 0 Å². The first-order valence-electron chi connectivity index (χ1n) is 7.76. The van der Waals surface area contributed by atoms with Crippen LogP contribution in [0.1, 0.15) is 58.8 Å². The summed E-state index contributed by atoms with van der Waals surface area (Å²) in [5.41, 5.74) is 0. The van der Waals surface area contributed by atoms with Gasteiger partial charge in [-0.25, -0.2) is 0 Å². The van der Waals surface area contributed by atoms with Crippen molar-refractivity contribution in [3.05, 3.63) is 0 Å². The van der Waals surface area contributed by atoms with Crippen molar-refractivity contribution in [2.75, 3.05) is 26.2 Å². The molecule has 0 aromatic rings. The van der Waals surface area contributed by atoms with Gasteiger partial charge in [0, 0.05) is 19.5 Å². The Morgan fingerprint density at radius 2 is 1.89 bits per heavy atom. The van der Waals surface area contributed by atoms with Crippen LogP contribution < -0.4 is 5.32 Å². The molecule has 1 N–H and O–H groups in total. The van der Waals surface area contributed by atoms with Crippen LogP contribution in [0.4, 0.5) is 0 Å². The molecule has 1 amide bonds. The first-order chi connectivity index (χ1) is 8.77. The van der Waals surface area contributed by atoms with Crippen LogP contribution in [0.2, 0.25) is 0 Å². The number of unbranched alkanes of at least 4 members (excludes halogenated alkanes) is 2. The van der Waals surface area contributed by atoms with Crippen LogP contribution in [0.3, 0.4) is 0 Å². The lowest BCUT2D eigenvalue weighted by molar-refractivity contribution is -0.132. The monoisotopic (exact) mass is 254 g/mol. The quantitative estimate of drug-likeness (QED) is 0.676. The molecular formula is C15H30N2O. The fourth-order valence-electron chi connectivity index (χ4n) is 2.65. The zero-order valence-electron chi connectivity index (χ0n) is 12.2. The lowest BCUT2D eigenvalue weighted by Crippen LogP contribution is -2.39. The number of carbonyl (C=O) groups excluding carboxylic acids is 1. The van der Waals surface area contributed by atoms with E-state index in [1.807, 2.05) is 0 Å². The summed E-state index contributed by atoms with van der Waals surface area (Å²) >= 11 is 0. The molecule has 1 aliphatic heterocycles. The molecule has 1 fully saturated rings. The second-order valence-electron chi connectivity index (χ2n) is 5.49. The van der Waals surface area contributed by atoms with Gasteiger partial charge in [-0.1, -0.05) is 26.7 Å². The van der Waals surface area contributed by atoms with Crippen molar-refractivity contribution in [3.63, 3.8) is 0 Å². The minimum atomic E-state index is 0.379. The van der Waals surface area contributed by atoms with E-state index in [9.17, 15) is 4.79 Å². The molecule has 1 rings (SSSR count). The van der Waals surface area contributed by atoms with Crippen LogP contribution in [-0.2, 0) is 4.79 Å². The van der Waals surface area contributed by atoms with E-state index in [2.05, 4.69) is 24.1 Å². The van der Waals surface area contributed by atoms with Gasteiger partial charge in [-0.2, -0.15) is 0 Å². The summed E-state index contributed by atoms with van der Waals surface area (Å²) in [6.07, 6.45) is 7.70. The van der Waals surface area contributed by atoms with Gasteiger partial charge in [0.1, 0.15) is 0 Å². The maximum atomic E-state index is 12.2. The van der Waals surface area contributed by atoms with Crippen molar-refractivity contribution < 1.29 is 4.79 Å². The summed E-state index contributed by atoms with van der Waals surface area (Å²) in [6.45, 7) is 8.51. The Bertz CT molecular complexity index is 225. The Labute approximate surface area is 112 Å². The number of hydrogen-bond acceptors (Lipinski definition) is 2. The van der Waals surface area contributed by atoms with Crippen molar-refractivity contribution in [2.24, 2.45) is 5.92 Å². The van der Waals surface area contributed by atoms with Gasteiger partial charge in [-0.05, 0) is 44.7 Å². The van der Waals surface area contributed by atoms with E-state index < -0.39 is 0 Å². The molecule has 0 bridgehead atoms. The molecule has 0 radical (unpaired) electrons. The highest BCUT2D eigenvalue weighted by Gasteiger charge is 2.19. The van der Waals surface area contributed by atoms with Crippen molar-refractivity contribution in [1.29, 1.82) is 0 Å². The predicted octanol–water partition coefficient (Wildman–Crippen LogP) is 2.80. The second kappa shape index (κ2) is 9.37. The summed E-state index contributed by atoms with van der Waals surface area (Å²) in [7, 11) is 0. The first-order valence-corrected chi connectivity index (χ1v) is 7.76. The smallest absolute Gasteiger partial charge is 0.222 e. The fraction of sp³-hybridized carbons (Fsp3) is 0.933. The SMILES string of the molecule is CCCCCC(=O)N(CCC)CC1CCNCC1. The molecule has 0 atom stereocenters. The Balaban J connectivity index is 2.34. The Kier molecular flexibility index (Phi) is 8.06. The second-order valence-corrected chi connectivity index (χ2v) is 5.49. The molecule has 3 nitrogen and oxygen atoms in total. The number of rotatable bonds is 8. The maximum absolute atomic E-state index is 12.2. The topological polar surface area (TPSA) is 32.3 Å². The third-order valence-corrected chi connectivity index (χ3v) is 3.78. The van der Waals surface area contributed by atoms with Gasteiger partial charge >= 0.3 is 0 Å². The Hall–Kier alpha value is -0.570. The highest BCUT2D eigenvalue weighted by atomic mass is 16.2. The zero-order valence-corrected chi connectivity index (χ0v) is 12.2. The molecule has 106 valence electrons. The van der Waals surface area contributed by atoms with E-state index in [1.54, 1.807) is 0 Å². The molecule has 0 aromatic carbocycles. The summed E-state index contributed by atoms with van der Waals surface area (Å²) in [5, 5.41) is 3.39. The molecular weight excluding hydrogens is 224 g/mol. The van der Waals surface area contributed by atoms with Crippen LogP contribution >= 0.6 is 0 Å². The van der Waals surface area contributed by atoms with E-state index in [4.69, 9.17) is 0 Å². The van der Waals surface area contributed by atoms with Gasteiger partial charge in [-0.15, -0.1) is 0 Å². The number of piperidine rings is 1. The number of carbonyl (C=O) groups is 1. The minimum Gasteiger partial charge on any atom is -0.342 e. The molecule has 1 aliphatic rings. The molecule has 0 unspecified atom stereocenters. The number of nitrogens with zero attached hydrogens (tertiary/aromatic N) is 1. The summed E-state index contributed by atoms with van der Waals surface area (Å²) in [5.74, 6) is 1.09. The Morgan fingerprint density at radius 3 is 2.50 bits per heavy atom. The van der Waals surface area contributed by atoms with Gasteiger partial charge in [-0.3, -0.25) is 4.79 Å². The number of amides is 1. The first kappa shape index (κ1) is 15.5. The van der Waals surface area contributed by atoms with Crippen molar-refractivity contribution >= 4 is 5.91 Å². The van der Waals surface area contributed by atoms with Crippen LogP contribution in [0, 0.1) is 5.92 Å². The normalized spacial score (nSPS) is 16.8. The van der Waals surface area contributed by atoms with Crippen LogP contribution in [-0.4, -0.2) is 37.0 Å². The van der Waals surface area contributed by atoms with Crippen molar-refractivity contribution in [3.8, 4) is 0 Å². The highest BCUT2D eigenvalue weighted by molar-refractivity contribution is 5.76. The molecule has 0 spiro atoms. The molecule has 18 heavy (non-hydrogen) atoms.